The number of hydrogen-bond acceptors (Lipinski definition) is 2. The molecular weight excluding hydrogens is 274 g/mol. The molecule has 0 aliphatic heterocycles. The average Bonchev–Trinajstić information content (AvgIpc) is 2.48. The molecule has 1 aromatic heterocycles. The van der Waals surface area contributed by atoms with E-state index in [9.17, 15) is 4.79 Å². The highest BCUT2D eigenvalue weighted by molar-refractivity contribution is 9.10. The van der Waals surface area contributed by atoms with Crippen LogP contribution in [0, 0.1) is 0 Å². The molecule has 1 aromatic rings. The number of rotatable bonds is 5. The van der Waals surface area contributed by atoms with Crippen LogP contribution in [-0.4, -0.2) is 3.96 Å². The van der Waals surface area contributed by atoms with E-state index in [0.717, 1.165) is 6.42 Å². The zero-order valence-corrected chi connectivity index (χ0v) is 11.9. The van der Waals surface area contributed by atoms with Gasteiger partial charge in [0.25, 0.3) is 5.56 Å². The predicted octanol–water partition coefficient (Wildman–Crippen LogP) is 3.99. The van der Waals surface area contributed by atoms with Crippen molar-refractivity contribution in [3.8, 4) is 0 Å². The molecule has 0 amide bonds. The Morgan fingerprint density at radius 3 is 2.60 bits per heavy atom. The first kappa shape index (κ1) is 13.0. The molecule has 0 aromatic carbocycles. The molecule has 1 rings (SSSR count). The van der Waals surface area contributed by atoms with E-state index in [0.29, 0.717) is 4.47 Å². The lowest BCUT2D eigenvalue weighted by molar-refractivity contribution is 0.331. The van der Waals surface area contributed by atoms with E-state index in [1.165, 1.54) is 30.8 Å². The van der Waals surface area contributed by atoms with E-state index in [-0.39, 0.29) is 11.1 Å². The van der Waals surface area contributed by atoms with Crippen molar-refractivity contribution in [3.63, 3.8) is 0 Å². The van der Waals surface area contributed by atoms with Crippen LogP contribution < -0.4 is 5.56 Å². The second-order valence-corrected chi connectivity index (χ2v) is 6.11. The Kier molecular flexibility index (Phi) is 4.59. The van der Waals surface area contributed by atoms with Gasteiger partial charge < -0.3 is 0 Å². The summed E-state index contributed by atoms with van der Waals surface area (Å²) in [6.45, 7) is 6.46. The van der Waals surface area contributed by atoms with Crippen molar-refractivity contribution >= 4 is 27.5 Å². The number of halogens is 1. The lowest BCUT2D eigenvalue weighted by atomic mass is 9.97. The van der Waals surface area contributed by atoms with Crippen LogP contribution in [0.5, 0.6) is 0 Å². The van der Waals surface area contributed by atoms with Gasteiger partial charge in [-0.15, -0.1) is 0 Å². The van der Waals surface area contributed by atoms with Gasteiger partial charge >= 0.3 is 0 Å². The second-order valence-electron chi connectivity index (χ2n) is 4.44. The minimum absolute atomic E-state index is 0.0526. The summed E-state index contributed by atoms with van der Waals surface area (Å²) in [5, 5.41) is 1.86. The molecule has 4 heteroatoms. The molecular formula is C11H18BrNOS. The second kappa shape index (κ2) is 5.30. The predicted molar refractivity (Wildman–Crippen MR) is 69.7 cm³/mol. The molecule has 1 heterocycles. The van der Waals surface area contributed by atoms with Crippen molar-refractivity contribution in [2.75, 3.05) is 0 Å². The number of unbranched alkanes of at least 4 members (excludes halogenated alkanes) is 2. The Hall–Kier alpha value is -0.0900. The first-order valence-electron chi connectivity index (χ1n) is 5.36. The molecule has 0 fully saturated rings. The molecule has 0 atom stereocenters. The molecule has 2 nitrogen and oxygen atoms in total. The molecule has 15 heavy (non-hydrogen) atoms. The largest absolute Gasteiger partial charge is 0.275 e. The van der Waals surface area contributed by atoms with Crippen LogP contribution in [0.4, 0.5) is 0 Å². The van der Waals surface area contributed by atoms with E-state index >= 15 is 0 Å². The van der Waals surface area contributed by atoms with Crippen LogP contribution in [0.1, 0.15) is 46.5 Å². The van der Waals surface area contributed by atoms with Gasteiger partial charge in [0, 0.05) is 5.38 Å². The highest BCUT2D eigenvalue weighted by Crippen LogP contribution is 2.25. The third-order valence-electron chi connectivity index (χ3n) is 2.59. The van der Waals surface area contributed by atoms with Gasteiger partial charge in [0.2, 0.25) is 0 Å². The van der Waals surface area contributed by atoms with Crippen molar-refractivity contribution in [3.05, 3.63) is 20.2 Å². The minimum Gasteiger partial charge on any atom is -0.267 e. The van der Waals surface area contributed by atoms with Crippen molar-refractivity contribution in [2.24, 2.45) is 0 Å². The Morgan fingerprint density at radius 1 is 1.47 bits per heavy atom. The van der Waals surface area contributed by atoms with E-state index in [4.69, 9.17) is 0 Å². The van der Waals surface area contributed by atoms with Crippen molar-refractivity contribution in [2.45, 2.75) is 52.0 Å². The summed E-state index contributed by atoms with van der Waals surface area (Å²) in [4.78, 5) is 11.8. The first-order chi connectivity index (χ1) is 6.99. The van der Waals surface area contributed by atoms with Gasteiger partial charge in [-0.3, -0.25) is 8.75 Å². The SMILES string of the molecule is CCCCCC(C)(C)n1scc(Br)c1=O. The fourth-order valence-corrected chi connectivity index (χ4v) is 3.04. The van der Waals surface area contributed by atoms with Gasteiger partial charge in [-0.1, -0.05) is 37.7 Å². The van der Waals surface area contributed by atoms with Crippen LogP contribution in [0.3, 0.4) is 0 Å². The molecule has 0 N–H and O–H groups in total. The molecule has 0 aliphatic carbocycles. The summed E-state index contributed by atoms with van der Waals surface area (Å²) >= 11 is 4.77. The molecule has 0 saturated heterocycles. The maximum atomic E-state index is 11.8. The summed E-state index contributed by atoms with van der Waals surface area (Å²) in [6.07, 6.45) is 4.71. The van der Waals surface area contributed by atoms with Crippen molar-refractivity contribution in [1.29, 1.82) is 0 Å². The summed E-state index contributed by atoms with van der Waals surface area (Å²) in [5.41, 5.74) is 0.0460. The topological polar surface area (TPSA) is 22.0 Å². The van der Waals surface area contributed by atoms with E-state index in [2.05, 4.69) is 36.7 Å². The summed E-state index contributed by atoms with van der Waals surface area (Å²) < 4.78 is 2.54. The zero-order chi connectivity index (χ0) is 11.5. The standard InChI is InChI=1S/C11H18BrNOS/c1-4-5-6-7-11(2,3)13-10(14)9(12)8-15-13/h8H,4-7H2,1-3H3. The van der Waals surface area contributed by atoms with Crippen molar-refractivity contribution < 1.29 is 0 Å². The Labute approximate surface area is 104 Å². The maximum Gasteiger partial charge on any atom is 0.275 e. The van der Waals surface area contributed by atoms with E-state index in [1.807, 2.05) is 9.34 Å². The summed E-state index contributed by atoms with van der Waals surface area (Å²) in [5.74, 6) is 0. The Morgan fingerprint density at radius 2 is 2.13 bits per heavy atom. The number of nitrogens with zero attached hydrogens (tertiary/aromatic N) is 1. The minimum atomic E-state index is -0.0526. The monoisotopic (exact) mass is 291 g/mol. The van der Waals surface area contributed by atoms with Gasteiger partial charge in [-0.2, -0.15) is 0 Å². The van der Waals surface area contributed by atoms with Gasteiger partial charge in [-0.25, -0.2) is 0 Å². The number of aromatic nitrogens is 1. The molecule has 0 spiro atoms. The molecule has 0 unspecified atom stereocenters. The van der Waals surface area contributed by atoms with Gasteiger partial charge in [-0.05, 0) is 36.2 Å². The molecule has 0 aliphatic rings. The lowest BCUT2D eigenvalue weighted by Gasteiger charge is -2.24. The summed E-state index contributed by atoms with van der Waals surface area (Å²) in [6, 6.07) is 0. The average molecular weight is 292 g/mol. The van der Waals surface area contributed by atoms with Gasteiger partial charge in [0.15, 0.2) is 0 Å². The van der Waals surface area contributed by atoms with Crippen molar-refractivity contribution in [1.82, 2.24) is 3.96 Å². The molecule has 0 saturated carbocycles. The van der Waals surface area contributed by atoms with E-state index in [1.54, 1.807) is 0 Å². The fourth-order valence-electron chi connectivity index (χ4n) is 1.62. The maximum absolute atomic E-state index is 11.8. The van der Waals surface area contributed by atoms with Gasteiger partial charge in [0.05, 0.1) is 10.0 Å². The van der Waals surface area contributed by atoms with Crippen LogP contribution in [0.15, 0.2) is 14.6 Å². The molecule has 0 radical (unpaired) electrons. The highest BCUT2D eigenvalue weighted by Gasteiger charge is 2.23. The smallest absolute Gasteiger partial charge is 0.267 e. The van der Waals surface area contributed by atoms with Gasteiger partial charge in [0.1, 0.15) is 0 Å². The third-order valence-corrected chi connectivity index (χ3v) is 4.68. The van der Waals surface area contributed by atoms with Crippen LogP contribution in [-0.2, 0) is 5.54 Å². The third kappa shape index (κ3) is 3.18. The number of hydrogen-bond donors (Lipinski definition) is 0. The fraction of sp³-hybridized carbons (Fsp3) is 0.727. The first-order valence-corrected chi connectivity index (χ1v) is 6.99. The van der Waals surface area contributed by atoms with Crippen LogP contribution in [0.2, 0.25) is 0 Å². The molecule has 0 bridgehead atoms. The molecule has 86 valence electrons. The highest BCUT2D eigenvalue weighted by atomic mass is 79.9. The van der Waals surface area contributed by atoms with Crippen LogP contribution >= 0.6 is 27.5 Å². The zero-order valence-electron chi connectivity index (χ0n) is 9.55. The van der Waals surface area contributed by atoms with Crippen LogP contribution in [0.25, 0.3) is 0 Å². The Balaban J connectivity index is 2.77. The lowest BCUT2D eigenvalue weighted by Crippen LogP contribution is -2.32. The normalized spacial score (nSPS) is 12.0. The quantitative estimate of drug-likeness (QED) is 0.752. The van der Waals surface area contributed by atoms with E-state index < -0.39 is 0 Å². The Bertz CT molecular complexity index is 367. The summed E-state index contributed by atoms with van der Waals surface area (Å²) in [7, 11) is 0.